The number of nitrogens with zero attached hydrogens (tertiary/aromatic N) is 3. The van der Waals surface area contributed by atoms with Crippen molar-refractivity contribution in [2.24, 2.45) is 5.10 Å². The molecular formula is C27H19ClN4O3S. The van der Waals surface area contributed by atoms with Gasteiger partial charge >= 0.3 is 0 Å². The second-order valence-electron chi connectivity index (χ2n) is 8.01. The maximum atomic E-state index is 12.8. The van der Waals surface area contributed by atoms with Gasteiger partial charge in [-0.15, -0.1) is 11.3 Å². The third-order valence-electron chi connectivity index (χ3n) is 5.69. The quantitative estimate of drug-likeness (QED) is 0.232. The molecule has 1 amide bonds. The highest BCUT2D eigenvalue weighted by Crippen LogP contribution is 2.36. The van der Waals surface area contributed by atoms with Crippen molar-refractivity contribution in [3.8, 4) is 28.4 Å². The van der Waals surface area contributed by atoms with Crippen LogP contribution in [0, 0.1) is 0 Å². The van der Waals surface area contributed by atoms with Crippen LogP contribution in [-0.4, -0.2) is 35.1 Å². The molecule has 1 N–H and O–H groups in total. The van der Waals surface area contributed by atoms with E-state index in [1.165, 1.54) is 11.3 Å². The normalized spacial score (nSPS) is 12.8. The standard InChI is InChI=1S/C27H19ClN4O3S/c28-24-20-8-4-5-9-23(20)36-26(24)27(33)30-29-15-18-16-32(19-6-2-1-3-7-19)31-25(18)17-10-11-21-22(14-17)35-13-12-34-21/h1-11,14-16H,12-13H2,(H,30,33)/b29-15+. The molecular weight excluding hydrogens is 496 g/mol. The minimum Gasteiger partial charge on any atom is -0.486 e. The van der Waals surface area contributed by atoms with Crippen LogP contribution in [0.2, 0.25) is 5.02 Å². The fraction of sp³-hybridized carbons (Fsp3) is 0.0741. The number of thiophene rings is 1. The number of hydrazone groups is 1. The first-order valence-corrected chi connectivity index (χ1v) is 12.4. The number of benzene rings is 3. The average molecular weight is 515 g/mol. The maximum absolute atomic E-state index is 12.8. The van der Waals surface area contributed by atoms with E-state index in [1.807, 2.05) is 79.0 Å². The minimum atomic E-state index is -0.367. The van der Waals surface area contributed by atoms with E-state index in [0.717, 1.165) is 26.9 Å². The van der Waals surface area contributed by atoms with Crippen molar-refractivity contribution in [1.82, 2.24) is 15.2 Å². The van der Waals surface area contributed by atoms with Crippen LogP contribution < -0.4 is 14.9 Å². The molecule has 7 nitrogen and oxygen atoms in total. The molecule has 0 spiro atoms. The van der Waals surface area contributed by atoms with Crippen molar-refractivity contribution in [1.29, 1.82) is 0 Å². The van der Waals surface area contributed by atoms with Gasteiger partial charge in [0.2, 0.25) is 0 Å². The Morgan fingerprint density at radius 1 is 1.03 bits per heavy atom. The number of ether oxygens (including phenoxy) is 2. The molecule has 9 heteroatoms. The molecule has 0 aliphatic carbocycles. The monoisotopic (exact) mass is 514 g/mol. The topological polar surface area (TPSA) is 77.7 Å². The molecule has 6 rings (SSSR count). The van der Waals surface area contributed by atoms with Crippen molar-refractivity contribution in [3.63, 3.8) is 0 Å². The number of halogens is 1. The van der Waals surface area contributed by atoms with E-state index >= 15 is 0 Å². The van der Waals surface area contributed by atoms with Gasteiger partial charge in [-0.25, -0.2) is 10.1 Å². The van der Waals surface area contributed by atoms with Gasteiger partial charge < -0.3 is 9.47 Å². The summed E-state index contributed by atoms with van der Waals surface area (Å²) in [6.45, 7) is 1.02. The van der Waals surface area contributed by atoms with E-state index in [9.17, 15) is 4.79 Å². The van der Waals surface area contributed by atoms with Crippen LogP contribution in [0.3, 0.4) is 0 Å². The molecule has 0 bridgehead atoms. The SMILES string of the molecule is O=C(N/N=C/c1cn(-c2ccccc2)nc1-c1ccc2c(c1)OCCO2)c1sc2ccccc2c1Cl. The fourth-order valence-electron chi connectivity index (χ4n) is 3.98. The summed E-state index contributed by atoms with van der Waals surface area (Å²) >= 11 is 7.78. The second kappa shape index (κ2) is 9.49. The van der Waals surface area contributed by atoms with Crippen LogP contribution in [0.25, 0.3) is 27.0 Å². The highest BCUT2D eigenvalue weighted by atomic mass is 35.5. The Kier molecular flexibility index (Phi) is 5.88. The summed E-state index contributed by atoms with van der Waals surface area (Å²) in [4.78, 5) is 13.2. The fourth-order valence-corrected chi connectivity index (χ4v) is 5.39. The Morgan fingerprint density at radius 2 is 1.81 bits per heavy atom. The molecule has 0 radical (unpaired) electrons. The number of nitrogens with one attached hydrogen (secondary N) is 1. The maximum Gasteiger partial charge on any atom is 0.283 e. The van der Waals surface area contributed by atoms with Gasteiger partial charge in [0, 0.05) is 27.4 Å². The molecule has 5 aromatic rings. The van der Waals surface area contributed by atoms with Crippen molar-refractivity contribution < 1.29 is 14.3 Å². The summed E-state index contributed by atoms with van der Waals surface area (Å²) in [5.41, 5.74) is 5.75. The second-order valence-corrected chi connectivity index (χ2v) is 9.44. The van der Waals surface area contributed by atoms with Crippen LogP contribution in [0.4, 0.5) is 0 Å². The summed E-state index contributed by atoms with van der Waals surface area (Å²) in [6.07, 6.45) is 3.45. The summed E-state index contributed by atoms with van der Waals surface area (Å²) < 4.78 is 14.1. The molecule has 1 aliphatic rings. The number of carbonyl (C=O) groups excluding carboxylic acids is 1. The molecule has 2 aromatic heterocycles. The summed E-state index contributed by atoms with van der Waals surface area (Å²) in [5.74, 6) is 1.01. The Morgan fingerprint density at radius 3 is 2.64 bits per heavy atom. The van der Waals surface area contributed by atoms with Gasteiger partial charge in [-0.1, -0.05) is 48.0 Å². The highest BCUT2D eigenvalue weighted by molar-refractivity contribution is 7.21. The Bertz CT molecular complexity index is 1610. The van der Waals surface area contributed by atoms with Crippen molar-refractivity contribution in [3.05, 3.63) is 94.5 Å². The summed E-state index contributed by atoms with van der Waals surface area (Å²) in [6, 6.07) is 23.1. The molecule has 3 heterocycles. The minimum absolute atomic E-state index is 0.367. The van der Waals surface area contributed by atoms with Crippen LogP contribution in [0.5, 0.6) is 11.5 Å². The first-order chi connectivity index (χ1) is 17.7. The van der Waals surface area contributed by atoms with Crippen LogP contribution in [-0.2, 0) is 0 Å². The molecule has 3 aromatic carbocycles. The van der Waals surface area contributed by atoms with Crippen molar-refractivity contribution >= 4 is 45.1 Å². The molecule has 0 saturated carbocycles. The zero-order chi connectivity index (χ0) is 24.5. The lowest BCUT2D eigenvalue weighted by Gasteiger charge is -2.18. The first-order valence-electron chi connectivity index (χ1n) is 11.2. The Balaban J connectivity index is 1.32. The highest BCUT2D eigenvalue weighted by Gasteiger charge is 2.18. The number of hydrogen-bond acceptors (Lipinski definition) is 6. The molecule has 0 saturated heterocycles. The first kappa shape index (κ1) is 22.3. The van der Waals surface area contributed by atoms with Gasteiger partial charge in [0.1, 0.15) is 23.8 Å². The van der Waals surface area contributed by atoms with E-state index in [0.29, 0.717) is 40.3 Å². The molecule has 178 valence electrons. The van der Waals surface area contributed by atoms with Gasteiger partial charge in [0.05, 0.1) is 16.9 Å². The largest absolute Gasteiger partial charge is 0.486 e. The molecule has 0 atom stereocenters. The number of fused-ring (bicyclic) bond motifs is 2. The van der Waals surface area contributed by atoms with Gasteiger partial charge in [0.15, 0.2) is 11.5 Å². The van der Waals surface area contributed by atoms with Crippen molar-refractivity contribution in [2.45, 2.75) is 0 Å². The smallest absolute Gasteiger partial charge is 0.283 e. The summed E-state index contributed by atoms with van der Waals surface area (Å²) in [7, 11) is 0. The van der Waals surface area contributed by atoms with Crippen molar-refractivity contribution in [2.75, 3.05) is 13.2 Å². The number of para-hydroxylation sites is 1. The van der Waals surface area contributed by atoms with Gasteiger partial charge in [0.25, 0.3) is 5.91 Å². The Hall–Kier alpha value is -4.14. The predicted molar refractivity (Wildman–Crippen MR) is 142 cm³/mol. The molecule has 36 heavy (non-hydrogen) atoms. The summed E-state index contributed by atoms with van der Waals surface area (Å²) in [5, 5.41) is 10.3. The lowest BCUT2D eigenvalue weighted by atomic mass is 10.1. The number of rotatable bonds is 5. The van der Waals surface area contributed by atoms with Gasteiger partial charge in [-0.05, 0) is 36.4 Å². The van der Waals surface area contributed by atoms with Gasteiger partial charge in [-0.3, -0.25) is 4.79 Å². The van der Waals surface area contributed by atoms with Crippen LogP contribution in [0.15, 0.2) is 84.1 Å². The molecule has 0 unspecified atom stereocenters. The third-order valence-corrected chi connectivity index (χ3v) is 7.36. The molecule has 0 fully saturated rings. The number of hydrogen-bond donors (Lipinski definition) is 1. The lowest BCUT2D eigenvalue weighted by molar-refractivity contribution is 0.0959. The van der Waals surface area contributed by atoms with E-state index in [1.54, 1.807) is 10.9 Å². The molecule has 1 aliphatic heterocycles. The van der Waals surface area contributed by atoms with Crippen LogP contribution in [0.1, 0.15) is 15.2 Å². The predicted octanol–water partition coefficient (Wildman–Crippen LogP) is 5.94. The Labute approximate surface area is 215 Å². The van der Waals surface area contributed by atoms with E-state index in [4.69, 9.17) is 26.2 Å². The number of aromatic nitrogens is 2. The van der Waals surface area contributed by atoms with Crippen LogP contribution >= 0.6 is 22.9 Å². The zero-order valence-electron chi connectivity index (χ0n) is 18.8. The third kappa shape index (κ3) is 4.21. The van der Waals surface area contributed by atoms with Gasteiger partial charge in [-0.2, -0.15) is 10.2 Å². The van der Waals surface area contributed by atoms with E-state index < -0.39 is 0 Å². The number of carbonyl (C=O) groups is 1. The average Bonchev–Trinajstić information content (AvgIpc) is 3.50. The zero-order valence-corrected chi connectivity index (χ0v) is 20.4. The van der Waals surface area contributed by atoms with E-state index in [-0.39, 0.29) is 5.91 Å². The lowest BCUT2D eigenvalue weighted by Crippen LogP contribution is -2.16. The van der Waals surface area contributed by atoms with E-state index in [2.05, 4.69) is 10.5 Å². The number of amides is 1.